The van der Waals surface area contributed by atoms with E-state index in [-0.39, 0.29) is 24.3 Å². The molecule has 2 rings (SSSR count). The lowest BCUT2D eigenvalue weighted by molar-refractivity contribution is -0.139. The van der Waals surface area contributed by atoms with E-state index in [1.54, 1.807) is 11.3 Å². The molecule has 0 saturated carbocycles. The molecule has 0 aliphatic carbocycles. The molecule has 1 amide bonds. The number of carboxylic acids is 1. The number of fused-ring (bicyclic) bond motifs is 1. The second-order valence-corrected chi connectivity index (χ2v) is 6.22. The molecule has 1 N–H and O–H groups in total. The van der Waals surface area contributed by atoms with Gasteiger partial charge in [0.15, 0.2) is 0 Å². The lowest BCUT2D eigenvalue weighted by Crippen LogP contribution is -2.39. The molecule has 0 bridgehead atoms. The number of carbonyl (C=O) groups is 2. The topological polar surface area (TPSA) is 57.6 Å². The fourth-order valence-corrected chi connectivity index (χ4v) is 3.60. The molecule has 1 aliphatic rings. The lowest BCUT2D eigenvalue weighted by atomic mass is 9.98. The van der Waals surface area contributed by atoms with Crippen LogP contribution in [0.15, 0.2) is 11.4 Å². The number of nitrogens with zero attached hydrogens (tertiary/aromatic N) is 1. The van der Waals surface area contributed by atoms with E-state index in [9.17, 15) is 9.59 Å². The first-order valence-electron chi connectivity index (χ1n) is 6.56. The molecule has 4 nitrogen and oxygen atoms in total. The van der Waals surface area contributed by atoms with E-state index in [0.717, 1.165) is 13.0 Å². The molecule has 1 aromatic heterocycles. The maximum atomic E-state index is 12.3. The molecule has 0 spiro atoms. The Bertz CT molecular complexity index is 483. The summed E-state index contributed by atoms with van der Waals surface area (Å²) >= 11 is 1.75. The minimum absolute atomic E-state index is 0.0532. The molecule has 1 aliphatic heterocycles. The average Bonchev–Trinajstić information content (AvgIpc) is 2.76. The minimum atomic E-state index is -0.841. The molecule has 0 aromatic carbocycles. The highest BCUT2D eigenvalue weighted by molar-refractivity contribution is 7.10. The normalized spacial score (nSPS) is 19.9. The van der Waals surface area contributed by atoms with Crippen molar-refractivity contribution in [3.8, 4) is 0 Å². The number of hydrogen-bond donors (Lipinski definition) is 1. The van der Waals surface area contributed by atoms with Crippen LogP contribution >= 0.6 is 11.3 Å². The van der Waals surface area contributed by atoms with Crippen LogP contribution in [0.4, 0.5) is 0 Å². The van der Waals surface area contributed by atoms with E-state index in [4.69, 9.17) is 5.11 Å². The Labute approximate surface area is 117 Å². The zero-order valence-corrected chi connectivity index (χ0v) is 12.1. The van der Waals surface area contributed by atoms with Gasteiger partial charge in [0, 0.05) is 24.3 Å². The summed E-state index contributed by atoms with van der Waals surface area (Å²) in [5.74, 6) is -0.883. The zero-order valence-electron chi connectivity index (χ0n) is 11.3. The fourth-order valence-electron chi connectivity index (χ4n) is 2.64. The van der Waals surface area contributed by atoms with Gasteiger partial charge in [-0.1, -0.05) is 6.92 Å². The molecule has 2 atom stereocenters. The van der Waals surface area contributed by atoms with Crippen molar-refractivity contribution in [2.75, 3.05) is 6.54 Å². The van der Waals surface area contributed by atoms with E-state index in [1.807, 2.05) is 18.7 Å². The third-order valence-corrected chi connectivity index (χ3v) is 4.64. The van der Waals surface area contributed by atoms with Crippen molar-refractivity contribution in [1.29, 1.82) is 0 Å². The highest BCUT2D eigenvalue weighted by atomic mass is 32.1. The van der Waals surface area contributed by atoms with Crippen molar-refractivity contribution in [3.63, 3.8) is 0 Å². The van der Waals surface area contributed by atoms with Crippen LogP contribution in [0.25, 0.3) is 0 Å². The standard InChI is InChI=1S/C14H19NO3S/c1-9(8-14(17)18)7-13(16)15-5-3-12-11(10(15)2)4-6-19-12/h4,6,9-10H,3,5,7-8H2,1-2H3,(H,17,18). The van der Waals surface area contributed by atoms with Crippen LogP contribution in [0.2, 0.25) is 0 Å². The molecule has 2 unspecified atom stereocenters. The molecule has 0 fully saturated rings. The van der Waals surface area contributed by atoms with Crippen LogP contribution in [0.5, 0.6) is 0 Å². The van der Waals surface area contributed by atoms with Crippen LogP contribution < -0.4 is 0 Å². The van der Waals surface area contributed by atoms with Gasteiger partial charge < -0.3 is 10.0 Å². The molecule has 0 saturated heterocycles. The summed E-state index contributed by atoms with van der Waals surface area (Å²) in [5, 5.41) is 10.8. The Hall–Kier alpha value is -1.36. The van der Waals surface area contributed by atoms with Crippen molar-refractivity contribution in [2.24, 2.45) is 5.92 Å². The molecule has 1 aromatic rings. The third-order valence-electron chi connectivity index (χ3n) is 3.64. The smallest absolute Gasteiger partial charge is 0.303 e. The zero-order chi connectivity index (χ0) is 14.0. The highest BCUT2D eigenvalue weighted by Gasteiger charge is 2.29. The molecule has 104 valence electrons. The van der Waals surface area contributed by atoms with Crippen molar-refractivity contribution >= 4 is 23.2 Å². The van der Waals surface area contributed by atoms with Crippen LogP contribution in [0.3, 0.4) is 0 Å². The Morgan fingerprint density at radius 1 is 1.53 bits per heavy atom. The first kappa shape index (κ1) is 14.1. The highest BCUT2D eigenvalue weighted by Crippen LogP contribution is 2.33. The Balaban J connectivity index is 1.99. The first-order valence-corrected chi connectivity index (χ1v) is 7.44. The van der Waals surface area contributed by atoms with Gasteiger partial charge in [0.05, 0.1) is 6.04 Å². The summed E-state index contributed by atoms with van der Waals surface area (Å²) in [4.78, 5) is 26.2. The Morgan fingerprint density at radius 2 is 2.26 bits per heavy atom. The summed E-state index contributed by atoms with van der Waals surface area (Å²) in [7, 11) is 0. The third kappa shape index (κ3) is 3.15. The van der Waals surface area contributed by atoms with Crippen LogP contribution in [-0.2, 0) is 16.0 Å². The first-order chi connectivity index (χ1) is 8.99. The van der Waals surface area contributed by atoms with Gasteiger partial charge in [-0.25, -0.2) is 0 Å². The molecule has 0 radical (unpaired) electrons. The van der Waals surface area contributed by atoms with Crippen LogP contribution in [0, 0.1) is 5.92 Å². The summed E-state index contributed by atoms with van der Waals surface area (Å²) in [6.07, 6.45) is 1.28. The summed E-state index contributed by atoms with van der Waals surface area (Å²) in [6, 6.07) is 2.20. The summed E-state index contributed by atoms with van der Waals surface area (Å²) in [5.41, 5.74) is 1.25. The van der Waals surface area contributed by atoms with Gasteiger partial charge in [-0.15, -0.1) is 11.3 Å². The van der Waals surface area contributed by atoms with Crippen molar-refractivity contribution < 1.29 is 14.7 Å². The Kier molecular flexibility index (Phi) is 4.24. The summed E-state index contributed by atoms with van der Waals surface area (Å²) in [6.45, 7) is 4.61. The SMILES string of the molecule is CC(CC(=O)O)CC(=O)N1CCc2sccc2C1C. The van der Waals surface area contributed by atoms with Gasteiger partial charge in [-0.3, -0.25) is 9.59 Å². The Morgan fingerprint density at radius 3 is 2.95 bits per heavy atom. The van der Waals surface area contributed by atoms with Crippen molar-refractivity contribution in [3.05, 3.63) is 21.9 Å². The second-order valence-electron chi connectivity index (χ2n) is 5.22. The van der Waals surface area contributed by atoms with Crippen molar-refractivity contribution in [1.82, 2.24) is 4.90 Å². The number of thiophene rings is 1. The number of rotatable bonds is 4. The summed E-state index contributed by atoms with van der Waals surface area (Å²) < 4.78 is 0. The lowest BCUT2D eigenvalue weighted by Gasteiger charge is -2.34. The van der Waals surface area contributed by atoms with E-state index < -0.39 is 5.97 Å². The number of hydrogen-bond acceptors (Lipinski definition) is 3. The maximum absolute atomic E-state index is 12.3. The van der Waals surface area contributed by atoms with Gasteiger partial charge in [0.1, 0.15) is 0 Å². The maximum Gasteiger partial charge on any atom is 0.303 e. The largest absolute Gasteiger partial charge is 0.481 e. The minimum Gasteiger partial charge on any atom is -0.481 e. The predicted octanol–water partition coefficient (Wildman–Crippen LogP) is 2.69. The molecule has 19 heavy (non-hydrogen) atoms. The van der Waals surface area contributed by atoms with E-state index >= 15 is 0 Å². The van der Waals surface area contributed by atoms with Gasteiger partial charge in [-0.05, 0) is 36.3 Å². The van der Waals surface area contributed by atoms with E-state index in [2.05, 4.69) is 11.4 Å². The monoisotopic (exact) mass is 281 g/mol. The molecule has 2 heterocycles. The molecular formula is C14H19NO3S. The number of aliphatic carboxylic acids is 1. The number of carbonyl (C=O) groups excluding carboxylic acids is 1. The molecule has 5 heteroatoms. The number of carboxylic acid groups (broad SMARTS) is 1. The van der Waals surface area contributed by atoms with Crippen LogP contribution in [0.1, 0.15) is 43.2 Å². The van der Waals surface area contributed by atoms with Gasteiger partial charge in [0.2, 0.25) is 5.91 Å². The van der Waals surface area contributed by atoms with Gasteiger partial charge in [-0.2, -0.15) is 0 Å². The van der Waals surface area contributed by atoms with E-state index in [1.165, 1.54) is 10.4 Å². The fraction of sp³-hybridized carbons (Fsp3) is 0.571. The molecular weight excluding hydrogens is 262 g/mol. The number of amides is 1. The van der Waals surface area contributed by atoms with Gasteiger partial charge >= 0.3 is 5.97 Å². The van der Waals surface area contributed by atoms with Crippen LogP contribution in [-0.4, -0.2) is 28.4 Å². The van der Waals surface area contributed by atoms with E-state index in [0.29, 0.717) is 6.42 Å². The second kappa shape index (κ2) is 5.74. The average molecular weight is 281 g/mol. The van der Waals surface area contributed by atoms with Crippen molar-refractivity contribution in [2.45, 2.75) is 39.2 Å². The van der Waals surface area contributed by atoms with Gasteiger partial charge in [0.25, 0.3) is 0 Å². The predicted molar refractivity (Wildman–Crippen MR) is 74.2 cm³/mol. The quantitative estimate of drug-likeness (QED) is 0.923.